The molecule has 0 fully saturated rings. The molecule has 0 saturated heterocycles. The topological polar surface area (TPSA) is 79.5 Å². The maximum atomic E-state index is 11.8. The molecule has 1 amide bonds. The van der Waals surface area contributed by atoms with Crippen molar-refractivity contribution in [1.29, 1.82) is 0 Å². The Morgan fingerprint density at radius 2 is 2.28 bits per heavy atom. The Balaban J connectivity index is 2.25. The highest BCUT2D eigenvalue weighted by Gasteiger charge is 2.09. The second-order valence-corrected chi connectivity index (χ2v) is 4.17. The highest BCUT2D eigenvalue weighted by atomic mass is 16.3. The van der Waals surface area contributed by atoms with Gasteiger partial charge < -0.3 is 10.4 Å². The van der Waals surface area contributed by atoms with Crippen molar-refractivity contribution in [2.75, 3.05) is 6.54 Å². The molecule has 2 heterocycles. The van der Waals surface area contributed by atoms with Gasteiger partial charge in [0.2, 0.25) is 0 Å². The number of carbonyl (C=O) groups is 1. The molecule has 0 saturated carbocycles. The minimum atomic E-state index is -0.557. The van der Waals surface area contributed by atoms with Gasteiger partial charge in [-0.1, -0.05) is 6.92 Å². The van der Waals surface area contributed by atoms with Gasteiger partial charge in [-0.25, -0.2) is 0 Å². The van der Waals surface area contributed by atoms with Crippen LogP contribution in [0.25, 0.3) is 5.65 Å². The number of aliphatic hydroxyl groups is 1. The van der Waals surface area contributed by atoms with E-state index in [0.717, 1.165) is 17.9 Å². The number of hydrogen-bond donors (Lipinski definition) is 2. The van der Waals surface area contributed by atoms with E-state index >= 15 is 0 Å². The van der Waals surface area contributed by atoms with Crippen LogP contribution in [0.1, 0.15) is 30.0 Å². The van der Waals surface area contributed by atoms with Crippen LogP contribution in [0, 0.1) is 0 Å². The van der Waals surface area contributed by atoms with E-state index in [1.54, 1.807) is 29.7 Å². The summed E-state index contributed by atoms with van der Waals surface area (Å²) >= 11 is 0. The number of hydrogen-bond acceptors (Lipinski definition) is 4. The number of rotatable bonds is 4. The van der Waals surface area contributed by atoms with Crippen LogP contribution in [0.15, 0.2) is 18.3 Å². The van der Waals surface area contributed by atoms with E-state index < -0.39 is 6.10 Å². The first kappa shape index (κ1) is 12.5. The maximum Gasteiger partial charge on any atom is 0.252 e. The number of nitrogens with one attached hydrogen (secondary N) is 1. The number of carbonyl (C=O) groups excluding carboxylic acids is 1. The molecule has 0 unspecified atom stereocenters. The standard InChI is InChI=1S/C12H16N4O2/c1-3-10-14-15-11-5-4-9(7-16(10)11)12(18)13-6-8(2)17/h4-5,7-8,17H,3,6H2,1-2H3,(H,13,18)/t8-/m0/s1. The summed E-state index contributed by atoms with van der Waals surface area (Å²) in [6.45, 7) is 3.84. The van der Waals surface area contributed by atoms with Gasteiger partial charge in [-0.3, -0.25) is 9.20 Å². The number of aliphatic hydroxyl groups excluding tert-OH is 1. The van der Waals surface area contributed by atoms with E-state index in [9.17, 15) is 4.79 Å². The SMILES string of the molecule is CCc1nnc2ccc(C(=O)NC[C@H](C)O)cn12. The van der Waals surface area contributed by atoms with Crippen LogP contribution in [0.2, 0.25) is 0 Å². The molecule has 6 heteroatoms. The van der Waals surface area contributed by atoms with Crippen LogP contribution >= 0.6 is 0 Å². The molecule has 0 spiro atoms. The Kier molecular flexibility index (Phi) is 3.57. The molecule has 18 heavy (non-hydrogen) atoms. The molecule has 2 aromatic heterocycles. The smallest absolute Gasteiger partial charge is 0.252 e. The van der Waals surface area contributed by atoms with Crippen molar-refractivity contribution in [2.24, 2.45) is 0 Å². The van der Waals surface area contributed by atoms with E-state index in [1.807, 2.05) is 6.92 Å². The summed E-state index contributed by atoms with van der Waals surface area (Å²) in [5.41, 5.74) is 1.25. The number of aryl methyl sites for hydroxylation is 1. The van der Waals surface area contributed by atoms with Gasteiger partial charge in [-0.05, 0) is 19.1 Å². The quantitative estimate of drug-likeness (QED) is 0.821. The van der Waals surface area contributed by atoms with Crippen molar-refractivity contribution < 1.29 is 9.90 Å². The highest BCUT2D eigenvalue weighted by molar-refractivity contribution is 5.94. The molecule has 0 aromatic carbocycles. The number of pyridine rings is 1. The van der Waals surface area contributed by atoms with E-state index in [1.165, 1.54) is 0 Å². The summed E-state index contributed by atoms with van der Waals surface area (Å²) in [4.78, 5) is 11.8. The van der Waals surface area contributed by atoms with Gasteiger partial charge in [0.25, 0.3) is 5.91 Å². The largest absolute Gasteiger partial charge is 0.392 e. The molecule has 2 N–H and O–H groups in total. The number of aromatic nitrogens is 3. The zero-order valence-electron chi connectivity index (χ0n) is 10.4. The minimum absolute atomic E-state index is 0.214. The van der Waals surface area contributed by atoms with Gasteiger partial charge in [0.05, 0.1) is 11.7 Å². The molecule has 0 radical (unpaired) electrons. The van der Waals surface area contributed by atoms with Crippen molar-refractivity contribution >= 4 is 11.6 Å². The van der Waals surface area contributed by atoms with Gasteiger partial charge >= 0.3 is 0 Å². The summed E-state index contributed by atoms with van der Waals surface area (Å²) in [6, 6.07) is 3.45. The molecule has 0 bridgehead atoms. The molecule has 96 valence electrons. The van der Waals surface area contributed by atoms with Crippen LogP contribution in [0.5, 0.6) is 0 Å². The lowest BCUT2D eigenvalue weighted by Crippen LogP contribution is -2.30. The molecular weight excluding hydrogens is 232 g/mol. The van der Waals surface area contributed by atoms with Gasteiger partial charge in [-0.2, -0.15) is 0 Å². The predicted molar refractivity (Wildman–Crippen MR) is 66.4 cm³/mol. The van der Waals surface area contributed by atoms with Gasteiger partial charge in [-0.15, -0.1) is 10.2 Å². The summed E-state index contributed by atoms with van der Waals surface area (Å²) in [7, 11) is 0. The van der Waals surface area contributed by atoms with Crippen molar-refractivity contribution in [2.45, 2.75) is 26.4 Å². The van der Waals surface area contributed by atoms with Crippen molar-refractivity contribution in [3.05, 3.63) is 29.7 Å². The Morgan fingerprint density at radius 3 is 2.94 bits per heavy atom. The molecule has 0 aliphatic rings. The fraction of sp³-hybridized carbons (Fsp3) is 0.417. The van der Waals surface area contributed by atoms with E-state index in [0.29, 0.717) is 5.56 Å². The maximum absolute atomic E-state index is 11.8. The van der Waals surface area contributed by atoms with Crippen LogP contribution in [0.4, 0.5) is 0 Å². The summed E-state index contributed by atoms with van der Waals surface area (Å²) in [5.74, 6) is 0.601. The highest BCUT2D eigenvalue weighted by Crippen LogP contribution is 2.07. The lowest BCUT2D eigenvalue weighted by molar-refractivity contribution is 0.0923. The predicted octanol–water partition coefficient (Wildman–Crippen LogP) is 0.402. The third kappa shape index (κ3) is 2.48. The first-order chi connectivity index (χ1) is 8.61. The second kappa shape index (κ2) is 5.14. The average Bonchev–Trinajstić information content (AvgIpc) is 2.77. The summed E-state index contributed by atoms with van der Waals surface area (Å²) in [5, 5.41) is 19.8. The first-order valence-corrected chi connectivity index (χ1v) is 5.91. The molecule has 1 atom stereocenters. The Hall–Kier alpha value is -1.95. The van der Waals surface area contributed by atoms with Gasteiger partial charge in [0.15, 0.2) is 5.65 Å². The third-order valence-electron chi connectivity index (χ3n) is 2.61. The molecular formula is C12H16N4O2. The van der Waals surface area contributed by atoms with Crippen molar-refractivity contribution in [3.8, 4) is 0 Å². The van der Waals surface area contributed by atoms with E-state index in [2.05, 4.69) is 15.5 Å². The lowest BCUT2D eigenvalue weighted by Gasteiger charge is -2.07. The monoisotopic (exact) mass is 248 g/mol. The van der Waals surface area contributed by atoms with E-state index in [4.69, 9.17) is 5.11 Å². The minimum Gasteiger partial charge on any atom is -0.392 e. The van der Waals surface area contributed by atoms with Crippen LogP contribution < -0.4 is 5.32 Å². The van der Waals surface area contributed by atoms with Crippen molar-refractivity contribution in [3.63, 3.8) is 0 Å². The Morgan fingerprint density at radius 1 is 1.50 bits per heavy atom. The second-order valence-electron chi connectivity index (χ2n) is 4.17. The van der Waals surface area contributed by atoms with Crippen LogP contribution in [-0.2, 0) is 6.42 Å². The fourth-order valence-electron chi connectivity index (χ4n) is 1.66. The molecule has 2 rings (SSSR count). The van der Waals surface area contributed by atoms with Gasteiger partial charge in [0.1, 0.15) is 5.82 Å². The van der Waals surface area contributed by atoms with Gasteiger partial charge in [0, 0.05) is 19.2 Å². The fourth-order valence-corrected chi connectivity index (χ4v) is 1.66. The summed E-state index contributed by atoms with van der Waals surface area (Å²) in [6.07, 6.45) is 1.91. The zero-order valence-corrected chi connectivity index (χ0v) is 10.4. The van der Waals surface area contributed by atoms with E-state index in [-0.39, 0.29) is 12.5 Å². The summed E-state index contributed by atoms with van der Waals surface area (Å²) < 4.78 is 1.80. The molecule has 0 aliphatic carbocycles. The average molecular weight is 248 g/mol. The lowest BCUT2D eigenvalue weighted by atomic mass is 10.2. The number of fused-ring (bicyclic) bond motifs is 1. The number of amides is 1. The first-order valence-electron chi connectivity index (χ1n) is 5.91. The Labute approximate surface area is 105 Å². The Bertz CT molecular complexity index is 562. The van der Waals surface area contributed by atoms with Crippen LogP contribution in [0.3, 0.4) is 0 Å². The molecule has 2 aromatic rings. The van der Waals surface area contributed by atoms with Crippen LogP contribution in [-0.4, -0.2) is 38.3 Å². The zero-order chi connectivity index (χ0) is 13.1. The third-order valence-corrected chi connectivity index (χ3v) is 2.61. The molecule has 6 nitrogen and oxygen atoms in total. The molecule has 0 aliphatic heterocycles. The van der Waals surface area contributed by atoms with Crippen molar-refractivity contribution in [1.82, 2.24) is 19.9 Å². The number of nitrogens with zero attached hydrogens (tertiary/aromatic N) is 3. The normalized spacial score (nSPS) is 12.6.